The number of hydrogen-bond donors (Lipinski definition) is 4. The van der Waals surface area contributed by atoms with E-state index in [0.717, 1.165) is 21.6 Å². The molecule has 0 aliphatic carbocycles. The smallest absolute Gasteiger partial charge is 0.210 e. The quantitative estimate of drug-likeness (QED) is 0.154. The highest BCUT2D eigenvalue weighted by Crippen LogP contribution is 2.40. The Morgan fingerprint density at radius 1 is 0.800 bits per heavy atom. The van der Waals surface area contributed by atoms with Gasteiger partial charge in [0.1, 0.15) is 16.5 Å². The average molecular weight is 544 g/mol. The van der Waals surface area contributed by atoms with Crippen LogP contribution in [0.1, 0.15) is 22.6 Å². The van der Waals surface area contributed by atoms with Crippen LogP contribution >= 0.6 is 11.3 Å². The average Bonchev–Trinajstić information content (AvgIpc) is 3.74. The summed E-state index contributed by atoms with van der Waals surface area (Å²) in [5.74, 6) is 0.701. The number of benzene rings is 4. The standard InChI is InChI=1S/C32H25N5O2S/c1-39-21-14-15-28(29(38)16-21)35-32-37-36-31(40-32)20-12-10-19(11-13-20)30(24-17-33-26-8-4-2-6-22(24)26)25-18-34-27-9-5-3-7-23(25)27/h2-18,30,33-34,38H,1H3,(H,35,37). The molecular formula is C32H25N5O2S. The third-order valence-electron chi connectivity index (χ3n) is 7.23. The van der Waals surface area contributed by atoms with Gasteiger partial charge in [0.25, 0.3) is 0 Å². The predicted molar refractivity (Wildman–Crippen MR) is 161 cm³/mol. The number of aromatic hydroxyl groups is 1. The zero-order valence-electron chi connectivity index (χ0n) is 21.6. The highest BCUT2D eigenvalue weighted by molar-refractivity contribution is 7.18. The molecule has 8 heteroatoms. The predicted octanol–water partition coefficient (Wildman–Crippen LogP) is 7.81. The molecule has 3 heterocycles. The number of aromatic amines is 2. The molecule has 0 bridgehead atoms. The van der Waals surface area contributed by atoms with Gasteiger partial charge >= 0.3 is 0 Å². The summed E-state index contributed by atoms with van der Waals surface area (Å²) in [5.41, 5.74) is 7.41. The first-order chi connectivity index (χ1) is 19.7. The van der Waals surface area contributed by atoms with Gasteiger partial charge in [0.2, 0.25) is 5.13 Å². The van der Waals surface area contributed by atoms with Crippen molar-refractivity contribution in [3.8, 4) is 22.1 Å². The summed E-state index contributed by atoms with van der Waals surface area (Å²) in [6, 6.07) is 30.5. The molecule has 4 N–H and O–H groups in total. The highest BCUT2D eigenvalue weighted by Gasteiger charge is 2.23. The Morgan fingerprint density at radius 2 is 1.45 bits per heavy atom. The molecule has 0 spiro atoms. The summed E-state index contributed by atoms with van der Waals surface area (Å²) >= 11 is 1.43. The van der Waals surface area contributed by atoms with Crippen LogP contribution in [-0.4, -0.2) is 32.4 Å². The van der Waals surface area contributed by atoms with E-state index in [1.807, 2.05) is 0 Å². The number of hydrogen-bond acceptors (Lipinski definition) is 6. The lowest BCUT2D eigenvalue weighted by atomic mass is 9.84. The van der Waals surface area contributed by atoms with Crippen molar-refractivity contribution in [2.75, 3.05) is 12.4 Å². The van der Waals surface area contributed by atoms with Crippen molar-refractivity contribution in [3.05, 3.63) is 120 Å². The number of nitrogens with one attached hydrogen (secondary N) is 3. The molecule has 0 fully saturated rings. The minimum Gasteiger partial charge on any atom is -0.506 e. The first-order valence-electron chi connectivity index (χ1n) is 12.9. The van der Waals surface area contributed by atoms with E-state index in [1.165, 1.54) is 38.8 Å². The molecule has 0 saturated heterocycles. The number of ether oxygens (including phenoxy) is 1. The topological polar surface area (TPSA) is 98.9 Å². The lowest BCUT2D eigenvalue weighted by molar-refractivity contribution is 0.408. The van der Waals surface area contributed by atoms with Crippen molar-refractivity contribution in [1.82, 2.24) is 20.2 Å². The van der Waals surface area contributed by atoms with Gasteiger partial charge in [0, 0.05) is 51.7 Å². The van der Waals surface area contributed by atoms with Gasteiger partial charge in [-0.05, 0) is 41.0 Å². The summed E-state index contributed by atoms with van der Waals surface area (Å²) in [6.07, 6.45) is 4.25. The van der Waals surface area contributed by atoms with Gasteiger partial charge in [-0.3, -0.25) is 0 Å². The number of anilines is 2. The van der Waals surface area contributed by atoms with Gasteiger partial charge < -0.3 is 25.1 Å². The molecule has 0 atom stereocenters. The third-order valence-corrected chi connectivity index (χ3v) is 8.11. The molecule has 0 unspecified atom stereocenters. The van der Waals surface area contributed by atoms with Crippen LogP contribution in [0.15, 0.2) is 103 Å². The molecular weight excluding hydrogens is 518 g/mol. The molecule has 4 aromatic carbocycles. The van der Waals surface area contributed by atoms with Crippen molar-refractivity contribution in [2.45, 2.75) is 5.92 Å². The second-order valence-corrected chi connectivity index (χ2v) is 10.5. The van der Waals surface area contributed by atoms with Gasteiger partial charge in [0.05, 0.1) is 12.8 Å². The largest absolute Gasteiger partial charge is 0.506 e. The van der Waals surface area contributed by atoms with Crippen molar-refractivity contribution in [1.29, 1.82) is 0 Å². The van der Waals surface area contributed by atoms with E-state index in [4.69, 9.17) is 4.74 Å². The summed E-state index contributed by atoms with van der Waals surface area (Å²) < 4.78 is 5.16. The van der Waals surface area contributed by atoms with Gasteiger partial charge in [-0.15, -0.1) is 10.2 Å². The minimum atomic E-state index is 0.0334. The lowest BCUT2D eigenvalue weighted by Gasteiger charge is -2.18. The number of nitrogens with zero attached hydrogens (tertiary/aromatic N) is 2. The molecule has 7 rings (SSSR count). The minimum absolute atomic E-state index is 0.0334. The Hall–Kier alpha value is -5.08. The Labute approximate surface area is 234 Å². The van der Waals surface area contributed by atoms with Gasteiger partial charge in [-0.25, -0.2) is 0 Å². The van der Waals surface area contributed by atoms with Gasteiger partial charge in [-0.1, -0.05) is 72.0 Å². The van der Waals surface area contributed by atoms with E-state index in [2.05, 4.69) is 111 Å². The molecule has 0 aliphatic rings. The number of methoxy groups -OCH3 is 1. The number of H-pyrrole nitrogens is 2. The van der Waals surface area contributed by atoms with Crippen molar-refractivity contribution in [2.24, 2.45) is 0 Å². The maximum Gasteiger partial charge on any atom is 0.210 e. The summed E-state index contributed by atoms with van der Waals surface area (Å²) in [7, 11) is 1.56. The number of phenols is 1. The molecule has 196 valence electrons. The number of fused-ring (bicyclic) bond motifs is 2. The van der Waals surface area contributed by atoms with Crippen molar-refractivity contribution >= 4 is 44.0 Å². The van der Waals surface area contributed by atoms with Gasteiger partial charge in [0.15, 0.2) is 0 Å². The Bertz CT molecular complexity index is 1880. The van der Waals surface area contributed by atoms with Crippen molar-refractivity contribution < 1.29 is 9.84 Å². The molecule has 0 aliphatic heterocycles. The highest BCUT2D eigenvalue weighted by atomic mass is 32.1. The maximum absolute atomic E-state index is 10.3. The second kappa shape index (κ2) is 9.91. The first kappa shape index (κ1) is 24.0. The zero-order valence-corrected chi connectivity index (χ0v) is 22.4. The summed E-state index contributed by atoms with van der Waals surface area (Å²) in [6.45, 7) is 0. The van der Waals surface area contributed by atoms with Crippen molar-refractivity contribution in [3.63, 3.8) is 0 Å². The van der Waals surface area contributed by atoms with Crippen LogP contribution in [0.4, 0.5) is 10.8 Å². The fourth-order valence-electron chi connectivity index (χ4n) is 5.26. The molecule has 0 saturated carbocycles. The van der Waals surface area contributed by atoms with E-state index in [0.29, 0.717) is 16.6 Å². The van der Waals surface area contributed by atoms with Crippen LogP contribution in [-0.2, 0) is 0 Å². The number of rotatable bonds is 7. The Kier molecular flexibility index (Phi) is 5.94. The number of phenolic OH excluding ortho intramolecular Hbond substituents is 1. The van der Waals surface area contributed by atoms with E-state index in [1.54, 1.807) is 25.3 Å². The first-order valence-corrected chi connectivity index (χ1v) is 13.7. The summed E-state index contributed by atoms with van der Waals surface area (Å²) in [4.78, 5) is 6.92. The van der Waals surface area contributed by atoms with E-state index >= 15 is 0 Å². The maximum atomic E-state index is 10.3. The number of para-hydroxylation sites is 2. The third kappa shape index (κ3) is 4.24. The molecule has 7 nitrogen and oxygen atoms in total. The second-order valence-electron chi connectivity index (χ2n) is 9.55. The molecule has 3 aromatic heterocycles. The van der Waals surface area contributed by atoms with Crippen LogP contribution in [0.25, 0.3) is 32.4 Å². The van der Waals surface area contributed by atoms with Crippen LogP contribution in [0.2, 0.25) is 0 Å². The van der Waals surface area contributed by atoms with E-state index in [-0.39, 0.29) is 11.7 Å². The Morgan fingerprint density at radius 3 is 2.08 bits per heavy atom. The van der Waals surface area contributed by atoms with E-state index < -0.39 is 0 Å². The SMILES string of the molecule is COc1ccc(Nc2nnc(-c3ccc(C(c4c[nH]c5ccccc45)c4c[nH]c5ccccc45)cc3)s2)c(O)c1. The Balaban J connectivity index is 1.23. The van der Waals surface area contributed by atoms with Crippen LogP contribution < -0.4 is 10.1 Å². The zero-order chi connectivity index (χ0) is 27.1. The monoisotopic (exact) mass is 543 g/mol. The van der Waals surface area contributed by atoms with Crippen LogP contribution in [0.5, 0.6) is 11.5 Å². The fourth-order valence-corrected chi connectivity index (χ4v) is 6.02. The lowest BCUT2D eigenvalue weighted by Crippen LogP contribution is -2.02. The molecule has 40 heavy (non-hydrogen) atoms. The van der Waals surface area contributed by atoms with Crippen LogP contribution in [0.3, 0.4) is 0 Å². The molecule has 7 aromatic rings. The fraction of sp³-hybridized carbons (Fsp3) is 0.0625. The molecule has 0 amide bonds. The van der Waals surface area contributed by atoms with Crippen LogP contribution in [0, 0.1) is 0 Å². The van der Waals surface area contributed by atoms with Gasteiger partial charge in [-0.2, -0.15) is 0 Å². The normalized spacial score (nSPS) is 11.4. The molecule has 0 radical (unpaired) electrons. The van der Waals surface area contributed by atoms with E-state index in [9.17, 15) is 5.11 Å². The summed E-state index contributed by atoms with van der Waals surface area (Å²) in [5, 5.41) is 25.9. The number of aromatic nitrogens is 4.